The zero-order chi connectivity index (χ0) is 10.7. The standard InChI is InChI=1S/C13H12FN/c14-12-3-1-2-10(4-7-12)11-5-8-13(15)9-6-11/h1,3-9H,2,15H2. The number of hydrogen-bond donors (Lipinski definition) is 1. The van der Waals surface area contributed by atoms with E-state index in [1.165, 1.54) is 12.2 Å². The van der Waals surface area contributed by atoms with Crippen LogP contribution in [-0.2, 0) is 0 Å². The van der Waals surface area contributed by atoms with Gasteiger partial charge < -0.3 is 5.73 Å². The predicted molar refractivity (Wildman–Crippen MR) is 61.8 cm³/mol. The molecular weight excluding hydrogens is 189 g/mol. The molecule has 0 aromatic heterocycles. The van der Waals surface area contributed by atoms with Gasteiger partial charge in [0.2, 0.25) is 0 Å². The first kappa shape index (κ1) is 9.71. The highest BCUT2D eigenvalue weighted by atomic mass is 19.1. The summed E-state index contributed by atoms with van der Waals surface area (Å²) in [6, 6.07) is 7.61. The first-order chi connectivity index (χ1) is 7.25. The fraction of sp³-hybridized carbons (Fsp3) is 0.0769. The molecule has 0 fully saturated rings. The van der Waals surface area contributed by atoms with Crippen molar-refractivity contribution in [1.82, 2.24) is 0 Å². The number of nitrogen functional groups attached to an aromatic ring is 1. The molecule has 1 aliphatic rings. The molecule has 0 spiro atoms. The highest BCUT2D eigenvalue weighted by Gasteiger charge is 2.01. The first-order valence-corrected chi connectivity index (χ1v) is 4.84. The molecule has 0 saturated heterocycles. The number of halogens is 1. The van der Waals surface area contributed by atoms with E-state index in [9.17, 15) is 4.39 Å². The van der Waals surface area contributed by atoms with Gasteiger partial charge in [-0.15, -0.1) is 0 Å². The van der Waals surface area contributed by atoms with E-state index in [1.54, 1.807) is 6.08 Å². The maximum absolute atomic E-state index is 12.9. The molecule has 2 N–H and O–H groups in total. The highest BCUT2D eigenvalue weighted by Crippen LogP contribution is 2.23. The normalized spacial score (nSPS) is 15.5. The summed E-state index contributed by atoms with van der Waals surface area (Å²) in [5.41, 5.74) is 8.52. The number of benzene rings is 1. The summed E-state index contributed by atoms with van der Waals surface area (Å²) < 4.78 is 12.9. The summed E-state index contributed by atoms with van der Waals surface area (Å²) in [5, 5.41) is 0. The molecule has 0 saturated carbocycles. The van der Waals surface area contributed by atoms with Crippen molar-refractivity contribution in [2.45, 2.75) is 6.42 Å². The Morgan fingerprint density at radius 1 is 1.07 bits per heavy atom. The molecule has 1 aromatic rings. The van der Waals surface area contributed by atoms with Crippen molar-refractivity contribution in [2.75, 3.05) is 5.73 Å². The van der Waals surface area contributed by atoms with Gasteiger partial charge in [0.1, 0.15) is 5.83 Å². The third-order valence-electron chi connectivity index (χ3n) is 2.34. The third-order valence-corrected chi connectivity index (χ3v) is 2.34. The van der Waals surface area contributed by atoms with Gasteiger partial charge in [-0.2, -0.15) is 0 Å². The SMILES string of the molecule is Nc1ccc(C2=CC=C(F)C=CC2)cc1. The number of anilines is 1. The maximum Gasteiger partial charge on any atom is 0.122 e. The molecule has 0 radical (unpaired) electrons. The van der Waals surface area contributed by atoms with Crippen LogP contribution in [0.4, 0.5) is 10.1 Å². The largest absolute Gasteiger partial charge is 0.399 e. The quantitative estimate of drug-likeness (QED) is 0.692. The molecule has 0 atom stereocenters. The van der Waals surface area contributed by atoms with E-state index in [2.05, 4.69) is 0 Å². The third kappa shape index (κ3) is 2.34. The van der Waals surface area contributed by atoms with Crippen molar-refractivity contribution in [2.24, 2.45) is 0 Å². The van der Waals surface area contributed by atoms with Crippen molar-refractivity contribution in [3.8, 4) is 0 Å². The molecule has 0 amide bonds. The van der Waals surface area contributed by atoms with Gasteiger partial charge in [-0.1, -0.05) is 24.3 Å². The van der Waals surface area contributed by atoms with E-state index in [-0.39, 0.29) is 5.83 Å². The van der Waals surface area contributed by atoms with E-state index in [1.807, 2.05) is 30.3 Å². The van der Waals surface area contributed by atoms with Crippen LogP contribution in [0.2, 0.25) is 0 Å². The number of hydrogen-bond acceptors (Lipinski definition) is 1. The summed E-state index contributed by atoms with van der Waals surface area (Å²) in [7, 11) is 0. The fourth-order valence-corrected chi connectivity index (χ4v) is 1.51. The number of allylic oxidation sites excluding steroid dienone is 6. The van der Waals surface area contributed by atoms with Crippen molar-refractivity contribution in [3.63, 3.8) is 0 Å². The molecule has 0 heterocycles. The van der Waals surface area contributed by atoms with Crippen LogP contribution in [0.15, 0.2) is 54.4 Å². The van der Waals surface area contributed by atoms with Gasteiger partial charge in [0.05, 0.1) is 0 Å². The average molecular weight is 201 g/mol. The Hall–Kier alpha value is -1.83. The zero-order valence-electron chi connectivity index (χ0n) is 8.28. The Morgan fingerprint density at radius 2 is 1.80 bits per heavy atom. The average Bonchev–Trinajstić information content (AvgIpc) is 2.44. The second-order valence-corrected chi connectivity index (χ2v) is 3.47. The Morgan fingerprint density at radius 3 is 2.53 bits per heavy atom. The molecule has 0 unspecified atom stereocenters. The molecule has 2 heteroatoms. The Labute approximate surface area is 88.4 Å². The Kier molecular flexibility index (Phi) is 2.68. The van der Waals surface area contributed by atoms with Gasteiger partial charge in [-0.25, -0.2) is 4.39 Å². The lowest BCUT2D eigenvalue weighted by atomic mass is 10.0. The number of nitrogens with two attached hydrogens (primary N) is 1. The van der Waals surface area contributed by atoms with Crippen LogP contribution in [0.3, 0.4) is 0 Å². The minimum Gasteiger partial charge on any atom is -0.399 e. The van der Waals surface area contributed by atoms with Crippen LogP contribution >= 0.6 is 0 Å². The van der Waals surface area contributed by atoms with Crippen LogP contribution in [0.25, 0.3) is 5.57 Å². The Balaban J connectivity index is 2.32. The van der Waals surface area contributed by atoms with Crippen LogP contribution < -0.4 is 5.73 Å². The molecule has 15 heavy (non-hydrogen) atoms. The highest BCUT2D eigenvalue weighted by molar-refractivity contribution is 5.70. The zero-order valence-corrected chi connectivity index (χ0v) is 8.28. The van der Waals surface area contributed by atoms with E-state index in [0.717, 1.165) is 23.2 Å². The first-order valence-electron chi connectivity index (χ1n) is 4.84. The monoisotopic (exact) mass is 201 g/mol. The van der Waals surface area contributed by atoms with E-state index >= 15 is 0 Å². The molecule has 76 valence electrons. The van der Waals surface area contributed by atoms with Gasteiger partial charge >= 0.3 is 0 Å². The number of rotatable bonds is 1. The molecule has 0 aliphatic heterocycles. The summed E-state index contributed by atoms with van der Waals surface area (Å²) in [6.07, 6.45) is 7.34. The van der Waals surface area contributed by atoms with Crippen molar-refractivity contribution in [1.29, 1.82) is 0 Å². The summed E-state index contributed by atoms with van der Waals surface area (Å²) in [4.78, 5) is 0. The summed E-state index contributed by atoms with van der Waals surface area (Å²) in [5.74, 6) is -0.208. The molecule has 1 nitrogen and oxygen atoms in total. The fourth-order valence-electron chi connectivity index (χ4n) is 1.51. The lowest BCUT2D eigenvalue weighted by molar-refractivity contribution is 0.667. The summed E-state index contributed by atoms with van der Waals surface area (Å²) in [6.45, 7) is 0. The van der Waals surface area contributed by atoms with Crippen LogP contribution in [-0.4, -0.2) is 0 Å². The predicted octanol–water partition coefficient (Wildman–Crippen LogP) is 3.47. The van der Waals surface area contributed by atoms with Gasteiger partial charge in [0.15, 0.2) is 0 Å². The maximum atomic E-state index is 12.9. The summed E-state index contributed by atoms with van der Waals surface area (Å²) >= 11 is 0. The second kappa shape index (κ2) is 4.13. The van der Waals surface area contributed by atoms with Gasteiger partial charge in [0.25, 0.3) is 0 Å². The van der Waals surface area contributed by atoms with Crippen molar-refractivity contribution in [3.05, 3.63) is 60.0 Å². The van der Waals surface area contributed by atoms with Gasteiger partial charge in [-0.05, 0) is 41.8 Å². The van der Waals surface area contributed by atoms with Crippen LogP contribution in [0.5, 0.6) is 0 Å². The second-order valence-electron chi connectivity index (χ2n) is 3.47. The van der Waals surface area contributed by atoms with Crippen molar-refractivity contribution < 1.29 is 4.39 Å². The van der Waals surface area contributed by atoms with E-state index in [4.69, 9.17) is 5.73 Å². The van der Waals surface area contributed by atoms with Crippen LogP contribution in [0.1, 0.15) is 12.0 Å². The van der Waals surface area contributed by atoms with Gasteiger partial charge in [-0.3, -0.25) is 0 Å². The van der Waals surface area contributed by atoms with Gasteiger partial charge in [0, 0.05) is 5.69 Å². The lowest BCUT2D eigenvalue weighted by Gasteiger charge is -2.03. The smallest absolute Gasteiger partial charge is 0.122 e. The lowest BCUT2D eigenvalue weighted by Crippen LogP contribution is -1.86. The molecule has 1 aromatic carbocycles. The topological polar surface area (TPSA) is 26.0 Å². The van der Waals surface area contributed by atoms with Crippen molar-refractivity contribution >= 4 is 11.3 Å². The molecule has 0 bridgehead atoms. The van der Waals surface area contributed by atoms with Crippen LogP contribution in [0, 0.1) is 0 Å². The molecule has 2 rings (SSSR count). The van der Waals surface area contributed by atoms with E-state index < -0.39 is 0 Å². The minimum absolute atomic E-state index is 0.208. The molecular formula is C13H12FN. The van der Waals surface area contributed by atoms with E-state index in [0.29, 0.717) is 0 Å². The Bertz CT molecular complexity index is 438. The molecule has 1 aliphatic carbocycles. The minimum atomic E-state index is -0.208.